The van der Waals surface area contributed by atoms with Crippen molar-refractivity contribution in [3.8, 4) is 0 Å². The molecule has 0 aliphatic carbocycles. The lowest BCUT2D eigenvalue weighted by atomic mass is 10.1. The number of esters is 2. The molecule has 0 aliphatic rings. The first-order valence-electron chi connectivity index (χ1n) is 8.50. The summed E-state index contributed by atoms with van der Waals surface area (Å²) < 4.78 is 10.2. The molecule has 0 saturated heterocycles. The average molecular weight is 407 g/mol. The second kappa shape index (κ2) is 9.48. The molecule has 2 N–H and O–H groups in total. The van der Waals surface area contributed by atoms with Crippen LogP contribution in [0.1, 0.15) is 45.0 Å². The molecule has 0 amide bonds. The number of aryl methyl sites for hydroxylation is 1. The molecule has 27 heavy (non-hydrogen) atoms. The number of carbonyl (C=O) groups excluding carboxylic acids is 2. The third-order valence-electron chi connectivity index (χ3n) is 3.71. The van der Waals surface area contributed by atoms with Crippen LogP contribution in [0.4, 0.5) is 10.7 Å². The molecule has 1 aromatic carbocycles. The summed E-state index contributed by atoms with van der Waals surface area (Å²) >= 11 is 6.49. The lowest BCUT2D eigenvalue weighted by molar-refractivity contribution is 0.0527. The number of carbonyl (C=O) groups is 2. The molecule has 0 bridgehead atoms. The Morgan fingerprint density at radius 1 is 1.04 bits per heavy atom. The maximum absolute atomic E-state index is 12.4. The van der Waals surface area contributed by atoms with Crippen LogP contribution in [0.25, 0.3) is 0 Å². The topological polar surface area (TPSA) is 76.7 Å². The van der Waals surface area contributed by atoms with Crippen LogP contribution in [-0.2, 0) is 9.47 Å². The minimum atomic E-state index is -0.511. The van der Waals surface area contributed by atoms with Crippen molar-refractivity contribution in [2.75, 3.05) is 23.8 Å². The fourth-order valence-electron chi connectivity index (χ4n) is 2.41. The van der Waals surface area contributed by atoms with E-state index in [-0.39, 0.29) is 13.2 Å². The number of nitrogens with one attached hydrogen (secondary N) is 2. The molecular weight excluding hydrogens is 384 g/mol. The van der Waals surface area contributed by atoms with Crippen LogP contribution in [0.5, 0.6) is 0 Å². The van der Waals surface area contributed by atoms with Crippen LogP contribution in [0.15, 0.2) is 24.3 Å². The van der Waals surface area contributed by atoms with E-state index >= 15 is 0 Å². The highest BCUT2D eigenvalue weighted by Crippen LogP contribution is 2.34. The molecular formula is C19H22N2O4S2. The molecule has 1 aromatic heterocycles. The zero-order valence-corrected chi connectivity index (χ0v) is 17.3. The van der Waals surface area contributed by atoms with Gasteiger partial charge in [0.05, 0.1) is 18.8 Å². The summed E-state index contributed by atoms with van der Waals surface area (Å²) in [6.45, 7) is 7.59. The van der Waals surface area contributed by atoms with Crippen molar-refractivity contribution < 1.29 is 19.1 Å². The van der Waals surface area contributed by atoms with Crippen LogP contribution >= 0.6 is 23.6 Å². The molecule has 6 nitrogen and oxygen atoms in total. The predicted octanol–water partition coefficient (Wildman–Crippen LogP) is 4.53. The highest BCUT2D eigenvalue weighted by molar-refractivity contribution is 7.80. The number of anilines is 2. The minimum absolute atomic E-state index is 0.230. The Labute approximate surface area is 167 Å². The number of hydrogen-bond donors (Lipinski definition) is 2. The van der Waals surface area contributed by atoms with E-state index < -0.39 is 11.9 Å². The first-order valence-corrected chi connectivity index (χ1v) is 9.72. The van der Waals surface area contributed by atoms with Gasteiger partial charge in [0.15, 0.2) is 5.11 Å². The molecule has 2 aromatic rings. The molecule has 0 aliphatic heterocycles. The van der Waals surface area contributed by atoms with Gasteiger partial charge in [0.2, 0.25) is 0 Å². The van der Waals surface area contributed by atoms with Gasteiger partial charge < -0.3 is 20.1 Å². The van der Waals surface area contributed by atoms with Gasteiger partial charge >= 0.3 is 11.9 Å². The van der Waals surface area contributed by atoms with Crippen molar-refractivity contribution in [3.63, 3.8) is 0 Å². The van der Waals surface area contributed by atoms with Crippen molar-refractivity contribution in [2.45, 2.75) is 27.7 Å². The number of thiophene rings is 1. The summed E-state index contributed by atoms with van der Waals surface area (Å²) in [5.74, 6) is -0.987. The molecule has 0 saturated carbocycles. The van der Waals surface area contributed by atoms with Crippen molar-refractivity contribution in [2.24, 2.45) is 0 Å². The highest BCUT2D eigenvalue weighted by Gasteiger charge is 2.26. The van der Waals surface area contributed by atoms with Crippen molar-refractivity contribution >= 4 is 51.3 Å². The Balaban J connectivity index is 2.32. The van der Waals surface area contributed by atoms with Gasteiger partial charge in [0.1, 0.15) is 9.88 Å². The summed E-state index contributed by atoms with van der Waals surface area (Å²) in [5.41, 5.74) is 2.69. The maximum Gasteiger partial charge on any atom is 0.348 e. The summed E-state index contributed by atoms with van der Waals surface area (Å²) in [7, 11) is 0. The van der Waals surface area contributed by atoms with Gasteiger partial charge in [0, 0.05) is 5.69 Å². The molecule has 2 rings (SSSR count). The quantitative estimate of drug-likeness (QED) is 0.539. The monoisotopic (exact) mass is 406 g/mol. The molecule has 0 unspecified atom stereocenters. The smallest absolute Gasteiger partial charge is 0.348 e. The number of para-hydroxylation sites is 1. The number of ether oxygens (including phenoxy) is 2. The maximum atomic E-state index is 12.4. The fraction of sp³-hybridized carbons (Fsp3) is 0.316. The van der Waals surface area contributed by atoms with E-state index in [9.17, 15) is 9.59 Å². The van der Waals surface area contributed by atoms with Crippen LogP contribution in [-0.4, -0.2) is 30.3 Å². The Bertz CT molecular complexity index is 861. The lowest BCUT2D eigenvalue weighted by Gasteiger charge is -2.12. The van der Waals surface area contributed by atoms with Crippen molar-refractivity contribution in [1.82, 2.24) is 0 Å². The van der Waals surface area contributed by atoms with Crippen LogP contribution in [0, 0.1) is 13.8 Å². The van der Waals surface area contributed by atoms with Gasteiger partial charge in [-0.25, -0.2) is 9.59 Å². The Kier molecular flexibility index (Phi) is 7.32. The van der Waals surface area contributed by atoms with E-state index in [1.807, 2.05) is 31.2 Å². The Morgan fingerprint density at radius 2 is 1.67 bits per heavy atom. The Morgan fingerprint density at radius 3 is 2.30 bits per heavy atom. The van der Waals surface area contributed by atoms with E-state index in [0.717, 1.165) is 22.6 Å². The summed E-state index contributed by atoms with van der Waals surface area (Å²) in [6, 6.07) is 7.70. The lowest BCUT2D eigenvalue weighted by Crippen LogP contribution is -2.20. The van der Waals surface area contributed by atoms with Gasteiger partial charge in [-0.15, -0.1) is 11.3 Å². The van der Waals surface area contributed by atoms with Gasteiger partial charge in [-0.1, -0.05) is 18.2 Å². The van der Waals surface area contributed by atoms with Crippen molar-refractivity contribution in [3.05, 3.63) is 45.8 Å². The largest absolute Gasteiger partial charge is 0.462 e. The van der Waals surface area contributed by atoms with Crippen molar-refractivity contribution in [1.29, 1.82) is 0 Å². The normalized spacial score (nSPS) is 10.2. The number of thiocarbonyl (C=S) groups is 1. The predicted molar refractivity (Wildman–Crippen MR) is 112 cm³/mol. The third kappa shape index (κ3) is 5.05. The van der Waals surface area contributed by atoms with Crippen LogP contribution in [0.3, 0.4) is 0 Å². The standard InChI is InChI=1S/C19H22N2O4S2/c1-5-24-17(22)14-12(4)15(18(23)25-6-2)27-16(14)21-19(26)20-13-10-8-7-9-11(13)3/h7-10H,5-6H2,1-4H3,(H2,20,21,26). The van der Waals surface area contributed by atoms with Gasteiger partial charge in [0.25, 0.3) is 0 Å². The number of rotatable bonds is 6. The average Bonchev–Trinajstić information content (AvgIpc) is 2.93. The van der Waals surface area contributed by atoms with E-state index in [0.29, 0.717) is 26.1 Å². The second-order valence-corrected chi connectivity index (χ2v) is 7.02. The zero-order valence-electron chi connectivity index (χ0n) is 15.7. The molecule has 0 fully saturated rings. The SMILES string of the molecule is CCOC(=O)c1sc(NC(=S)Nc2ccccc2C)c(C(=O)OCC)c1C. The molecule has 1 heterocycles. The summed E-state index contributed by atoms with van der Waals surface area (Å²) in [5, 5.41) is 6.87. The van der Waals surface area contributed by atoms with Crippen LogP contribution < -0.4 is 10.6 Å². The highest BCUT2D eigenvalue weighted by atomic mass is 32.1. The zero-order chi connectivity index (χ0) is 20.0. The van der Waals surface area contributed by atoms with Gasteiger partial charge in [-0.3, -0.25) is 0 Å². The minimum Gasteiger partial charge on any atom is -0.462 e. The first kappa shape index (κ1) is 20.9. The molecule has 0 atom stereocenters. The van der Waals surface area contributed by atoms with E-state index in [4.69, 9.17) is 21.7 Å². The van der Waals surface area contributed by atoms with E-state index in [1.54, 1.807) is 20.8 Å². The summed E-state index contributed by atoms with van der Waals surface area (Å²) in [4.78, 5) is 24.9. The summed E-state index contributed by atoms with van der Waals surface area (Å²) in [6.07, 6.45) is 0. The number of benzene rings is 1. The second-order valence-electron chi connectivity index (χ2n) is 5.60. The van der Waals surface area contributed by atoms with Crippen LogP contribution in [0.2, 0.25) is 0 Å². The number of hydrogen-bond acceptors (Lipinski definition) is 6. The van der Waals surface area contributed by atoms with Gasteiger partial charge in [-0.2, -0.15) is 0 Å². The first-order chi connectivity index (χ1) is 12.9. The van der Waals surface area contributed by atoms with E-state index in [1.165, 1.54) is 0 Å². The molecule has 0 spiro atoms. The van der Waals surface area contributed by atoms with E-state index in [2.05, 4.69) is 10.6 Å². The molecule has 0 radical (unpaired) electrons. The Hall–Kier alpha value is -2.45. The fourth-order valence-corrected chi connectivity index (χ4v) is 3.78. The molecule has 8 heteroatoms. The van der Waals surface area contributed by atoms with Gasteiger partial charge in [-0.05, 0) is 57.1 Å². The molecule has 144 valence electrons. The third-order valence-corrected chi connectivity index (χ3v) is 5.10.